The lowest BCUT2D eigenvalue weighted by Crippen LogP contribution is -2.36. The minimum absolute atomic E-state index is 0. The predicted molar refractivity (Wildman–Crippen MR) is 110 cm³/mol. The van der Waals surface area contributed by atoms with Crippen molar-refractivity contribution in [3.8, 4) is 0 Å². The van der Waals surface area contributed by atoms with E-state index in [1.165, 1.54) is 18.4 Å². The summed E-state index contributed by atoms with van der Waals surface area (Å²) in [4.78, 5) is 12.2. The largest absolute Gasteiger partial charge is 0.461 e. The molecule has 2 N–H and O–H groups in total. The van der Waals surface area contributed by atoms with Crippen molar-refractivity contribution < 1.29 is 9.53 Å². The van der Waals surface area contributed by atoms with Gasteiger partial charge in [0.15, 0.2) is 0 Å². The summed E-state index contributed by atoms with van der Waals surface area (Å²) in [5, 5.41) is 0. The zero-order valence-electron chi connectivity index (χ0n) is 16.5. The van der Waals surface area contributed by atoms with E-state index in [0.29, 0.717) is 17.8 Å². The summed E-state index contributed by atoms with van der Waals surface area (Å²) in [6.45, 7) is 6.63. The maximum atomic E-state index is 12.2. The summed E-state index contributed by atoms with van der Waals surface area (Å²) < 4.78 is 5.76. The number of halogens is 1. The average molecular weight is 382 g/mol. The van der Waals surface area contributed by atoms with Crippen molar-refractivity contribution in [1.29, 1.82) is 0 Å². The second kappa shape index (κ2) is 11.6. The molecule has 1 aliphatic heterocycles. The van der Waals surface area contributed by atoms with Crippen LogP contribution in [0.15, 0.2) is 30.3 Å². The van der Waals surface area contributed by atoms with Gasteiger partial charge in [-0.3, -0.25) is 4.79 Å². The van der Waals surface area contributed by atoms with E-state index in [4.69, 9.17) is 10.5 Å². The van der Waals surface area contributed by atoms with Gasteiger partial charge in [0.1, 0.15) is 12.1 Å². The number of hydrogen-bond donors (Lipinski definition) is 1. The summed E-state index contributed by atoms with van der Waals surface area (Å²) in [7, 11) is 0. The number of carbonyl (C=O) groups is 1. The first-order valence-corrected chi connectivity index (χ1v) is 9.97. The molecule has 0 aromatic heterocycles. The maximum Gasteiger partial charge on any atom is 0.323 e. The number of aryl methyl sites for hydroxylation is 1. The Labute approximate surface area is 165 Å². The Hall–Kier alpha value is -1.06. The van der Waals surface area contributed by atoms with Gasteiger partial charge in [0.25, 0.3) is 0 Å². The van der Waals surface area contributed by atoms with Crippen molar-refractivity contribution in [3.05, 3.63) is 35.9 Å². The molecule has 0 bridgehead atoms. The Kier molecular flexibility index (Phi) is 10.3. The van der Waals surface area contributed by atoms with Crippen molar-refractivity contribution in [2.45, 2.75) is 77.9 Å². The van der Waals surface area contributed by atoms with Crippen LogP contribution in [-0.2, 0) is 16.0 Å². The fraction of sp³-hybridized carbons (Fsp3) is 0.682. The number of ether oxygens (including phenoxy) is 1. The molecule has 1 fully saturated rings. The van der Waals surface area contributed by atoms with Crippen LogP contribution in [0, 0.1) is 17.8 Å². The van der Waals surface area contributed by atoms with Crippen LogP contribution in [0.5, 0.6) is 0 Å². The van der Waals surface area contributed by atoms with Gasteiger partial charge in [-0.25, -0.2) is 0 Å². The molecule has 4 heteroatoms. The van der Waals surface area contributed by atoms with Crippen LogP contribution in [0.3, 0.4) is 0 Å². The van der Waals surface area contributed by atoms with E-state index >= 15 is 0 Å². The fourth-order valence-corrected chi connectivity index (χ4v) is 4.03. The maximum absolute atomic E-state index is 12.2. The molecule has 4 atom stereocenters. The third-order valence-corrected chi connectivity index (χ3v) is 5.63. The SMILES string of the molecule is CC(C)CC[C@H]1CCC[C@H](N)C(=O)O[C@@H](C)[C@@H]1CCc1ccccc1.Cl. The lowest BCUT2D eigenvalue weighted by atomic mass is 9.77. The van der Waals surface area contributed by atoms with Crippen LogP contribution in [-0.4, -0.2) is 18.1 Å². The van der Waals surface area contributed by atoms with E-state index in [2.05, 4.69) is 51.1 Å². The van der Waals surface area contributed by atoms with Crippen LogP contribution in [0.25, 0.3) is 0 Å². The van der Waals surface area contributed by atoms with Crippen LogP contribution in [0.2, 0.25) is 0 Å². The van der Waals surface area contributed by atoms with Gasteiger partial charge in [0.05, 0.1) is 0 Å². The smallest absolute Gasteiger partial charge is 0.323 e. The topological polar surface area (TPSA) is 52.3 Å². The molecule has 0 amide bonds. The van der Waals surface area contributed by atoms with Crippen LogP contribution >= 0.6 is 12.4 Å². The molecule has 1 aromatic rings. The summed E-state index contributed by atoms with van der Waals surface area (Å²) >= 11 is 0. The first-order chi connectivity index (χ1) is 12.0. The zero-order chi connectivity index (χ0) is 18.2. The molecule has 0 radical (unpaired) electrons. The lowest BCUT2D eigenvalue weighted by Gasteiger charge is -2.32. The summed E-state index contributed by atoms with van der Waals surface area (Å²) in [5.41, 5.74) is 7.34. The van der Waals surface area contributed by atoms with Gasteiger partial charge in [-0.15, -0.1) is 12.4 Å². The molecule has 1 saturated heterocycles. The summed E-state index contributed by atoms with van der Waals surface area (Å²) in [6.07, 6.45) is 7.42. The first-order valence-electron chi connectivity index (χ1n) is 9.97. The second-order valence-corrected chi connectivity index (χ2v) is 8.10. The minimum atomic E-state index is -0.457. The number of cyclic esters (lactones) is 1. The molecule has 0 saturated carbocycles. The molecule has 3 nitrogen and oxygen atoms in total. The molecule has 1 aliphatic rings. The normalized spacial score (nSPS) is 27.0. The third kappa shape index (κ3) is 7.28. The summed E-state index contributed by atoms with van der Waals surface area (Å²) in [5.74, 6) is 1.51. The highest BCUT2D eigenvalue weighted by atomic mass is 35.5. The van der Waals surface area contributed by atoms with Crippen molar-refractivity contribution in [3.63, 3.8) is 0 Å². The van der Waals surface area contributed by atoms with E-state index in [-0.39, 0.29) is 24.5 Å². The Morgan fingerprint density at radius 2 is 1.85 bits per heavy atom. The van der Waals surface area contributed by atoms with Gasteiger partial charge in [-0.05, 0) is 62.3 Å². The predicted octanol–water partition coefficient (Wildman–Crippen LogP) is 5.15. The van der Waals surface area contributed by atoms with Gasteiger partial charge in [-0.1, -0.05) is 57.0 Å². The molecular formula is C22H36ClNO2. The molecule has 0 spiro atoms. The molecule has 148 valence electrons. The van der Waals surface area contributed by atoms with E-state index in [1.807, 2.05) is 0 Å². The van der Waals surface area contributed by atoms with Crippen molar-refractivity contribution in [2.75, 3.05) is 0 Å². The molecule has 26 heavy (non-hydrogen) atoms. The Morgan fingerprint density at radius 1 is 1.15 bits per heavy atom. The van der Waals surface area contributed by atoms with Gasteiger partial charge in [-0.2, -0.15) is 0 Å². The second-order valence-electron chi connectivity index (χ2n) is 8.10. The molecule has 2 rings (SSSR count). The quantitative estimate of drug-likeness (QED) is 0.693. The first kappa shape index (κ1) is 23.0. The average Bonchev–Trinajstić information content (AvgIpc) is 2.63. The van der Waals surface area contributed by atoms with E-state index < -0.39 is 6.04 Å². The van der Waals surface area contributed by atoms with E-state index in [0.717, 1.165) is 32.1 Å². The Balaban J connectivity index is 0.00000338. The van der Waals surface area contributed by atoms with E-state index in [9.17, 15) is 4.79 Å². The minimum Gasteiger partial charge on any atom is -0.461 e. The standard InChI is InChI=1S/C22H35NO2.ClH/c1-16(2)12-14-19-10-7-11-21(23)22(24)25-17(3)20(19)15-13-18-8-5-4-6-9-18;/h4-6,8-9,16-17,19-21H,7,10-15,23H2,1-3H3;1H/t17-,19+,20-,21-;/m0./s1. The monoisotopic (exact) mass is 381 g/mol. The number of nitrogens with two attached hydrogens (primary N) is 1. The van der Waals surface area contributed by atoms with Gasteiger partial charge in [0.2, 0.25) is 0 Å². The number of hydrogen-bond acceptors (Lipinski definition) is 3. The molecule has 0 unspecified atom stereocenters. The van der Waals surface area contributed by atoms with Crippen LogP contribution in [0.1, 0.15) is 64.9 Å². The van der Waals surface area contributed by atoms with E-state index in [1.54, 1.807) is 0 Å². The third-order valence-electron chi connectivity index (χ3n) is 5.63. The van der Waals surface area contributed by atoms with Crippen molar-refractivity contribution in [2.24, 2.45) is 23.5 Å². The van der Waals surface area contributed by atoms with Crippen LogP contribution in [0.4, 0.5) is 0 Å². The highest BCUT2D eigenvalue weighted by Crippen LogP contribution is 2.34. The molecular weight excluding hydrogens is 346 g/mol. The summed E-state index contributed by atoms with van der Waals surface area (Å²) in [6, 6.07) is 10.2. The Morgan fingerprint density at radius 3 is 2.50 bits per heavy atom. The number of rotatable bonds is 6. The molecule has 1 aromatic carbocycles. The van der Waals surface area contributed by atoms with Gasteiger partial charge >= 0.3 is 5.97 Å². The number of carbonyl (C=O) groups excluding carboxylic acids is 1. The van der Waals surface area contributed by atoms with Crippen molar-refractivity contribution >= 4 is 18.4 Å². The molecule has 1 heterocycles. The van der Waals surface area contributed by atoms with Crippen LogP contribution < -0.4 is 5.73 Å². The zero-order valence-corrected chi connectivity index (χ0v) is 17.3. The lowest BCUT2D eigenvalue weighted by molar-refractivity contribution is -0.153. The fourth-order valence-electron chi connectivity index (χ4n) is 4.03. The highest BCUT2D eigenvalue weighted by Gasteiger charge is 2.32. The van der Waals surface area contributed by atoms with Gasteiger partial charge < -0.3 is 10.5 Å². The number of esters is 1. The molecule has 0 aliphatic carbocycles. The van der Waals surface area contributed by atoms with Gasteiger partial charge in [0, 0.05) is 0 Å². The van der Waals surface area contributed by atoms with Crippen molar-refractivity contribution in [1.82, 2.24) is 0 Å². The number of benzene rings is 1. The Bertz CT molecular complexity index is 520. The highest BCUT2D eigenvalue weighted by molar-refractivity contribution is 5.85.